The van der Waals surface area contributed by atoms with Gasteiger partial charge in [-0.15, -0.1) is 0 Å². The summed E-state index contributed by atoms with van der Waals surface area (Å²) in [5, 5.41) is 13.8. The molecule has 0 aliphatic heterocycles. The van der Waals surface area contributed by atoms with E-state index >= 15 is 0 Å². The van der Waals surface area contributed by atoms with Crippen LogP contribution >= 0.6 is 0 Å². The van der Waals surface area contributed by atoms with Crippen LogP contribution in [-0.2, 0) is 0 Å². The van der Waals surface area contributed by atoms with Crippen molar-refractivity contribution in [2.24, 2.45) is 5.10 Å². The zero-order valence-corrected chi connectivity index (χ0v) is 16.1. The van der Waals surface area contributed by atoms with Gasteiger partial charge in [0.2, 0.25) is 0 Å². The minimum atomic E-state index is -1.09. The number of nitrogens with one attached hydrogen (secondary N) is 1. The van der Waals surface area contributed by atoms with E-state index in [1.54, 1.807) is 54.6 Å². The van der Waals surface area contributed by atoms with Gasteiger partial charge in [0.25, 0.3) is 5.91 Å². The molecular formula is C24H16FN3O3. The first-order valence-corrected chi connectivity index (χ1v) is 9.34. The number of aromatic carboxylic acids is 1. The minimum Gasteiger partial charge on any atom is -0.478 e. The van der Waals surface area contributed by atoms with Crippen LogP contribution < -0.4 is 5.43 Å². The number of amides is 1. The van der Waals surface area contributed by atoms with Gasteiger partial charge >= 0.3 is 5.97 Å². The van der Waals surface area contributed by atoms with E-state index in [9.17, 15) is 19.1 Å². The highest BCUT2D eigenvalue weighted by molar-refractivity contribution is 6.07. The molecule has 7 heteroatoms. The molecule has 0 radical (unpaired) electrons. The van der Waals surface area contributed by atoms with E-state index < -0.39 is 11.9 Å². The number of pyridine rings is 1. The van der Waals surface area contributed by atoms with E-state index in [1.165, 1.54) is 24.4 Å². The van der Waals surface area contributed by atoms with Crippen LogP contribution in [0.15, 0.2) is 84.0 Å². The second kappa shape index (κ2) is 8.54. The van der Waals surface area contributed by atoms with Crippen LogP contribution in [0, 0.1) is 5.82 Å². The maximum Gasteiger partial charge on any atom is 0.336 e. The molecule has 0 aliphatic carbocycles. The minimum absolute atomic E-state index is 0.0773. The number of halogens is 1. The van der Waals surface area contributed by atoms with Gasteiger partial charge in [-0.3, -0.25) is 4.79 Å². The molecule has 0 aliphatic rings. The Kier molecular flexibility index (Phi) is 5.49. The summed E-state index contributed by atoms with van der Waals surface area (Å²) in [6.45, 7) is 0. The highest BCUT2D eigenvalue weighted by Gasteiger charge is 2.14. The van der Waals surface area contributed by atoms with E-state index in [1.807, 2.05) is 6.07 Å². The molecule has 4 aromatic rings. The van der Waals surface area contributed by atoms with Crippen molar-refractivity contribution in [1.29, 1.82) is 0 Å². The lowest BCUT2D eigenvalue weighted by molar-refractivity contribution is 0.0696. The molecule has 0 unspecified atom stereocenters. The lowest BCUT2D eigenvalue weighted by Crippen LogP contribution is -2.18. The smallest absolute Gasteiger partial charge is 0.336 e. The summed E-state index contributed by atoms with van der Waals surface area (Å²) in [4.78, 5) is 28.7. The molecule has 1 aromatic heterocycles. The highest BCUT2D eigenvalue weighted by Crippen LogP contribution is 2.25. The first-order chi connectivity index (χ1) is 15.0. The Balaban J connectivity index is 1.67. The molecule has 0 bridgehead atoms. The van der Waals surface area contributed by atoms with Crippen LogP contribution in [0.25, 0.3) is 22.2 Å². The van der Waals surface area contributed by atoms with Gasteiger partial charge in [0.1, 0.15) is 5.82 Å². The molecule has 2 N–H and O–H groups in total. The SMILES string of the molecule is O=C(O)c1ccccc1/C=N/NC(=O)c1cc(-c2ccc(F)cc2)nc2ccccc12. The van der Waals surface area contributed by atoms with E-state index in [4.69, 9.17) is 0 Å². The number of hydrogen-bond acceptors (Lipinski definition) is 4. The lowest BCUT2D eigenvalue weighted by atomic mass is 10.0. The number of hydrogen-bond donors (Lipinski definition) is 2. The molecule has 152 valence electrons. The standard InChI is InChI=1S/C24H16FN3O3/c25-17-11-9-15(10-12-17)22-13-20(19-7-3-4-8-21(19)27-22)23(29)28-26-14-16-5-1-2-6-18(16)24(30)31/h1-14H,(H,28,29)(H,30,31)/b26-14+. The zero-order chi connectivity index (χ0) is 21.8. The predicted octanol–water partition coefficient (Wildman–Crippen LogP) is 4.50. The molecule has 0 atom stereocenters. The third-order valence-electron chi connectivity index (χ3n) is 4.66. The average Bonchev–Trinajstić information content (AvgIpc) is 2.79. The first kappa shape index (κ1) is 19.9. The number of benzene rings is 3. The second-order valence-electron chi connectivity index (χ2n) is 6.67. The number of carbonyl (C=O) groups is 2. The number of aromatic nitrogens is 1. The van der Waals surface area contributed by atoms with Gasteiger partial charge in [0.05, 0.1) is 28.6 Å². The third kappa shape index (κ3) is 4.30. The van der Waals surface area contributed by atoms with Gasteiger partial charge in [-0.1, -0.05) is 36.4 Å². The Morgan fingerprint density at radius 3 is 2.42 bits per heavy atom. The van der Waals surface area contributed by atoms with Crippen molar-refractivity contribution in [3.63, 3.8) is 0 Å². The van der Waals surface area contributed by atoms with Gasteiger partial charge in [-0.25, -0.2) is 19.6 Å². The fourth-order valence-corrected chi connectivity index (χ4v) is 3.16. The third-order valence-corrected chi connectivity index (χ3v) is 4.66. The first-order valence-electron chi connectivity index (χ1n) is 9.34. The van der Waals surface area contributed by atoms with Crippen molar-refractivity contribution in [2.75, 3.05) is 0 Å². The van der Waals surface area contributed by atoms with Crippen LogP contribution in [0.2, 0.25) is 0 Å². The molecular weight excluding hydrogens is 397 g/mol. The van der Waals surface area contributed by atoms with Gasteiger partial charge in [-0.05, 0) is 42.5 Å². The summed E-state index contributed by atoms with van der Waals surface area (Å²) < 4.78 is 13.3. The Labute approximate surface area is 176 Å². The normalized spacial score (nSPS) is 11.0. The average molecular weight is 413 g/mol. The molecule has 1 heterocycles. The molecule has 1 amide bonds. The number of carbonyl (C=O) groups excluding carboxylic acids is 1. The number of hydrazone groups is 1. The van der Waals surface area contributed by atoms with Crippen molar-refractivity contribution >= 4 is 29.0 Å². The van der Waals surface area contributed by atoms with Crippen LogP contribution in [0.3, 0.4) is 0 Å². The second-order valence-corrected chi connectivity index (χ2v) is 6.67. The fourth-order valence-electron chi connectivity index (χ4n) is 3.16. The predicted molar refractivity (Wildman–Crippen MR) is 116 cm³/mol. The maximum absolute atomic E-state index is 13.3. The van der Waals surface area contributed by atoms with Gasteiger partial charge < -0.3 is 5.11 Å². The number of carboxylic acids is 1. The van der Waals surface area contributed by atoms with Crippen molar-refractivity contribution in [3.05, 3.63) is 101 Å². The van der Waals surface area contributed by atoms with E-state index in [-0.39, 0.29) is 11.4 Å². The molecule has 0 saturated carbocycles. The Hall–Kier alpha value is -4.39. The summed E-state index contributed by atoms with van der Waals surface area (Å²) in [5.74, 6) is -1.93. The summed E-state index contributed by atoms with van der Waals surface area (Å²) in [5.41, 5.74) is 5.02. The van der Waals surface area contributed by atoms with Crippen LogP contribution in [0.1, 0.15) is 26.3 Å². The summed E-state index contributed by atoms with van der Waals surface area (Å²) >= 11 is 0. The summed E-state index contributed by atoms with van der Waals surface area (Å²) in [6, 6.07) is 21.0. The molecule has 0 spiro atoms. The molecule has 31 heavy (non-hydrogen) atoms. The van der Waals surface area contributed by atoms with Crippen molar-refractivity contribution < 1.29 is 19.1 Å². The monoisotopic (exact) mass is 413 g/mol. The van der Waals surface area contributed by atoms with Gasteiger partial charge in [0, 0.05) is 16.5 Å². The number of rotatable bonds is 5. The number of para-hydroxylation sites is 1. The number of nitrogens with zero attached hydrogens (tertiary/aromatic N) is 2. The Morgan fingerprint density at radius 1 is 0.935 bits per heavy atom. The van der Waals surface area contributed by atoms with Crippen LogP contribution in [0.4, 0.5) is 4.39 Å². The van der Waals surface area contributed by atoms with E-state index in [0.717, 1.165) is 0 Å². The van der Waals surface area contributed by atoms with Crippen LogP contribution in [-0.4, -0.2) is 28.2 Å². The summed E-state index contributed by atoms with van der Waals surface area (Å²) in [7, 11) is 0. The molecule has 6 nitrogen and oxygen atoms in total. The molecule has 4 rings (SSSR count). The van der Waals surface area contributed by atoms with Gasteiger partial charge in [-0.2, -0.15) is 5.10 Å². The molecule has 3 aromatic carbocycles. The lowest BCUT2D eigenvalue weighted by Gasteiger charge is -2.09. The van der Waals surface area contributed by atoms with Crippen molar-refractivity contribution in [3.8, 4) is 11.3 Å². The van der Waals surface area contributed by atoms with Crippen LogP contribution in [0.5, 0.6) is 0 Å². The van der Waals surface area contributed by atoms with Gasteiger partial charge in [0.15, 0.2) is 0 Å². The van der Waals surface area contributed by atoms with E-state index in [0.29, 0.717) is 33.3 Å². The molecule has 0 saturated heterocycles. The van der Waals surface area contributed by atoms with Crippen molar-refractivity contribution in [2.45, 2.75) is 0 Å². The fraction of sp³-hybridized carbons (Fsp3) is 0. The van der Waals surface area contributed by atoms with E-state index in [2.05, 4.69) is 15.5 Å². The number of carboxylic acid groups (broad SMARTS) is 1. The Bertz CT molecular complexity index is 1320. The topological polar surface area (TPSA) is 91.6 Å². The maximum atomic E-state index is 13.3. The number of fused-ring (bicyclic) bond motifs is 1. The zero-order valence-electron chi connectivity index (χ0n) is 16.1. The Morgan fingerprint density at radius 2 is 1.65 bits per heavy atom. The largest absolute Gasteiger partial charge is 0.478 e. The summed E-state index contributed by atoms with van der Waals surface area (Å²) in [6.07, 6.45) is 1.28. The molecule has 0 fully saturated rings. The highest BCUT2D eigenvalue weighted by atomic mass is 19.1. The quantitative estimate of drug-likeness (QED) is 0.372. The van der Waals surface area contributed by atoms with Crippen molar-refractivity contribution in [1.82, 2.24) is 10.4 Å².